The zero-order chi connectivity index (χ0) is 11.7. The van der Waals surface area contributed by atoms with Crippen LogP contribution in [0.25, 0.3) is 0 Å². The molecule has 2 nitrogen and oxygen atoms in total. The topological polar surface area (TPSA) is 22.1 Å². The SMILES string of the molecule is BC(B)(B)C(B)(B)Oc1ncccc1Br. The summed E-state index contributed by atoms with van der Waals surface area (Å²) in [6.07, 6.45) is 1.73. The number of aromatic nitrogens is 1. The quantitative estimate of drug-likeness (QED) is 0.545. The molecule has 0 N–H and O–H groups in total. The van der Waals surface area contributed by atoms with Crippen LogP contribution < -0.4 is 4.74 Å². The van der Waals surface area contributed by atoms with Crippen LogP contribution >= 0.6 is 15.9 Å². The third kappa shape index (κ3) is 3.10. The Morgan fingerprint density at radius 3 is 2.27 bits per heavy atom. The Kier molecular flexibility index (Phi) is 3.69. The van der Waals surface area contributed by atoms with Gasteiger partial charge in [0.1, 0.15) is 15.7 Å². The van der Waals surface area contributed by atoms with Crippen LogP contribution in [0.2, 0.25) is 5.11 Å². The highest BCUT2D eigenvalue weighted by Gasteiger charge is 2.34. The molecule has 0 atom stereocenters. The average molecular weight is 261 g/mol. The van der Waals surface area contributed by atoms with E-state index in [1.165, 1.54) is 0 Å². The molecule has 0 aliphatic rings. The number of rotatable bonds is 3. The maximum Gasteiger partial charge on any atom is 0.226 e. The maximum atomic E-state index is 5.94. The van der Waals surface area contributed by atoms with Crippen LogP contribution in [0.15, 0.2) is 22.8 Å². The van der Waals surface area contributed by atoms with Crippen molar-refractivity contribution in [3.8, 4) is 5.88 Å². The van der Waals surface area contributed by atoms with Gasteiger partial charge in [0, 0.05) is 11.6 Å². The molecule has 0 aliphatic heterocycles. The first-order chi connectivity index (χ1) is 6.74. The molecule has 1 aromatic heterocycles. The molecule has 1 rings (SSSR count). The summed E-state index contributed by atoms with van der Waals surface area (Å²) in [5.74, 6) is 0.650. The summed E-state index contributed by atoms with van der Waals surface area (Å²) in [5.41, 5.74) is 0. The molecule has 74 valence electrons. The van der Waals surface area contributed by atoms with Gasteiger partial charge in [0.25, 0.3) is 0 Å². The first-order valence-corrected chi connectivity index (χ1v) is 5.83. The molecule has 0 aliphatic carbocycles. The van der Waals surface area contributed by atoms with Crippen molar-refractivity contribution in [1.82, 2.24) is 4.98 Å². The fraction of sp³-hybridized carbons (Fsp3) is 0.286. The van der Waals surface area contributed by atoms with E-state index in [0.717, 1.165) is 4.47 Å². The third-order valence-corrected chi connectivity index (χ3v) is 3.49. The summed E-state index contributed by atoms with van der Waals surface area (Å²) < 4.78 is 6.83. The van der Waals surface area contributed by atoms with Gasteiger partial charge >= 0.3 is 0 Å². The van der Waals surface area contributed by atoms with Crippen molar-refractivity contribution in [2.24, 2.45) is 0 Å². The van der Waals surface area contributed by atoms with Crippen molar-refractivity contribution in [3.63, 3.8) is 0 Å². The van der Waals surface area contributed by atoms with E-state index < -0.39 is 0 Å². The van der Waals surface area contributed by atoms with Gasteiger partial charge in [-0.05, 0) is 28.1 Å². The Balaban J connectivity index is 2.92. The second-order valence-electron chi connectivity index (χ2n) is 5.15. The third-order valence-electron chi connectivity index (χ3n) is 2.88. The normalized spacial score (nSPS) is 12.3. The van der Waals surface area contributed by atoms with Crippen molar-refractivity contribution in [1.29, 1.82) is 0 Å². The molecule has 0 spiro atoms. The molecule has 0 aromatic carbocycles. The van der Waals surface area contributed by atoms with Crippen LogP contribution in [0.5, 0.6) is 5.88 Å². The minimum Gasteiger partial charge on any atom is -0.491 e. The van der Waals surface area contributed by atoms with Crippen molar-refractivity contribution >= 4 is 55.2 Å². The number of hydrogen-bond acceptors (Lipinski definition) is 2. The zero-order valence-electron chi connectivity index (χ0n) is 9.97. The number of pyridine rings is 1. The summed E-state index contributed by atoms with van der Waals surface area (Å²) in [6, 6.07) is 3.81. The average Bonchev–Trinajstić information content (AvgIpc) is 2.06. The lowest BCUT2D eigenvalue weighted by atomic mass is 9.28. The molecule has 15 heavy (non-hydrogen) atoms. The van der Waals surface area contributed by atoms with E-state index in [4.69, 9.17) is 4.74 Å². The van der Waals surface area contributed by atoms with Gasteiger partial charge in [-0.3, -0.25) is 0 Å². The molecule has 1 heterocycles. The largest absolute Gasteiger partial charge is 0.491 e. The van der Waals surface area contributed by atoms with Gasteiger partial charge in [0.15, 0.2) is 0 Å². The van der Waals surface area contributed by atoms with E-state index in [0.29, 0.717) is 5.88 Å². The van der Waals surface area contributed by atoms with Gasteiger partial charge in [0.2, 0.25) is 5.88 Å². The van der Waals surface area contributed by atoms with Gasteiger partial charge in [-0.15, -0.1) is 0 Å². The standard InChI is InChI=1S/C7H13B5BrNO/c8-6(9,10)7(11,12)15-5-4(13)2-1-3-14-5/h1-3H,8-12H2. The van der Waals surface area contributed by atoms with E-state index in [2.05, 4.69) is 60.1 Å². The molecule has 0 amide bonds. The fourth-order valence-electron chi connectivity index (χ4n) is 0.841. The zero-order valence-corrected chi connectivity index (χ0v) is 11.6. The molecule has 0 saturated heterocycles. The van der Waals surface area contributed by atoms with Crippen LogP contribution in [0.1, 0.15) is 0 Å². The predicted molar refractivity (Wildman–Crippen MR) is 80.7 cm³/mol. The highest BCUT2D eigenvalue weighted by Crippen LogP contribution is 2.30. The second-order valence-corrected chi connectivity index (χ2v) is 6.01. The first-order valence-electron chi connectivity index (χ1n) is 5.03. The van der Waals surface area contributed by atoms with Crippen molar-refractivity contribution < 1.29 is 4.74 Å². The highest BCUT2D eigenvalue weighted by atomic mass is 79.9. The Bertz CT molecular complexity index is 353. The maximum absolute atomic E-state index is 5.94. The molecule has 0 bridgehead atoms. The predicted octanol–water partition coefficient (Wildman–Crippen LogP) is -2.88. The van der Waals surface area contributed by atoms with Gasteiger partial charge in [-0.1, -0.05) is 5.11 Å². The molecule has 0 saturated carbocycles. The minimum atomic E-state index is -0.260. The van der Waals surface area contributed by atoms with Gasteiger partial charge in [-0.25, -0.2) is 4.98 Å². The summed E-state index contributed by atoms with van der Waals surface area (Å²) in [6.45, 7) is 0. The smallest absolute Gasteiger partial charge is 0.226 e. The Labute approximate surface area is 104 Å². The van der Waals surface area contributed by atoms with Gasteiger partial charge in [0.05, 0.1) is 28.0 Å². The molecular formula is C7H13B5BrNO. The molecule has 0 unspecified atom stereocenters. The summed E-state index contributed by atoms with van der Waals surface area (Å²) in [7, 11) is 10.6. The summed E-state index contributed by atoms with van der Waals surface area (Å²) in [4.78, 5) is 4.21. The minimum absolute atomic E-state index is 0.0595. The molecule has 8 heteroatoms. The number of ether oxygens (including phenoxy) is 1. The van der Waals surface area contributed by atoms with Crippen molar-refractivity contribution in [2.75, 3.05) is 0 Å². The van der Waals surface area contributed by atoms with Crippen LogP contribution in [0, 0.1) is 0 Å². The Morgan fingerprint density at radius 1 is 1.20 bits per heavy atom. The van der Waals surface area contributed by atoms with Crippen molar-refractivity contribution in [3.05, 3.63) is 22.8 Å². The Hall–Kier alpha value is -0.245. The molecule has 0 radical (unpaired) electrons. The van der Waals surface area contributed by atoms with E-state index in [-0.39, 0.29) is 10.5 Å². The first kappa shape index (κ1) is 12.8. The fourth-order valence-corrected chi connectivity index (χ4v) is 1.18. The van der Waals surface area contributed by atoms with Crippen LogP contribution in [-0.2, 0) is 0 Å². The lowest BCUT2D eigenvalue weighted by molar-refractivity contribution is 0.230. The lowest BCUT2D eigenvalue weighted by Gasteiger charge is -2.39. The van der Waals surface area contributed by atoms with Crippen LogP contribution in [0.3, 0.4) is 0 Å². The lowest BCUT2D eigenvalue weighted by Crippen LogP contribution is -2.51. The van der Waals surface area contributed by atoms with E-state index in [1.54, 1.807) is 6.20 Å². The molecular weight excluding hydrogens is 248 g/mol. The molecule has 1 aromatic rings. The summed E-state index contributed by atoms with van der Waals surface area (Å²) >= 11 is 3.43. The number of nitrogens with zero attached hydrogens (tertiary/aromatic N) is 1. The monoisotopic (exact) mass is 261 g/mol. The van der Waals surface area contributed by atoms with Crippen molar-refractivity contribution in [2.45, 2.75) is 10.5 Å². The second kappa shape index (κ2) is 4.32. The van der Waals surface area contributed by atoms with Gasteiger partial charge < -0.3 is 4.74 Å². The number of hydrogen-bond donors (Lipinski definition) is 0. The number of halogens is 1. The molecule has 0 fully saturated rings. The van der Waals surface area contributed by atoms with Crippen LogP contribution in [0.4, 0.5) is 0 Å². The Morgan fingerprint density at radius 2 is 1.80 bits per heavy atom. The van der Waals surface area contributed by atoms with Gasteiger partial charge in [-0.2, -0.15) is 0 Å². The van der Waals surface area contributed by atoms with E-state index in [1.807, 2.05) is 12.1 Å². The summed E-state index contributed by atoms with van der Waals surface area (Å²) in [5, 5.41) is -0.201. The van der Waals surface area contributed by atoms with E-state index >= 15 is 0 Å². The van der Waals surface area contributed by atoms with Crippen LogP contribution in [-0.4, -0.2) is 49.6 Å². The van der Waals surface area contributed by atoms with E-state index in [9.17, 15) is 0 Å². The highest BCUT2D eigenvalue weighted by molar-refractivity contribution is 9.10.